The van der Waals surface area contributed by atoms with E-state index >= 15 is 0 Å². The highest BCUT2D eigenvalue weighted by molar-refractivity contribution is 5.97. The molecule has 0 amide bonds. The smallest absolute Gasteiger partial charge is 0.166 e. The first-order chi connectivity index (χ1) is 9.20. The van der Waals surface area contributed by atoms with Crippen molar-refractivity contribution in [3.63, 3.8) is 0 Å². The molecule has 1 fully saturated rings. The number of hydrogen-bond acceptors (Lipinski definition) is 1. The second-order valence-electron chi connectivity index (χ2n) is 6.02. The van der Waals surface area contributed by atoms with Crippen LogP contribution >= 0.6 is 0 Å². The fraction of sp³-hybridized carbons (Fsp3) is 0.389. The maximum atomic E-state index is 12.2. The van der Waals surface area contributed by atoms with E-state index in [-0.39, 0.29) is 5.78 Å². The minimum atomic E-state index is 0.255. The van der Waals surface area contributed by atoms with Crippen LogP contribution in [0, 0.1) is 11.8 Å². The summed E-state index contributed by atoms with van der Waals surface area (Å²) in [6.07, 6.45) is 7.62. The number of rotatable bonds is 3. The molecule has 0 radical (unpaired) electrons. The Bertz CT molecular complexity index is 524. The Kier molecular flexibility index (Phi) is 3.37. The number of carbonyl (C=O) groups excluding carboxylic acids is 1. The third-order valence-corrected chi connectivity index (χ3v) is 4.27. The number of allylic oxidation sites excluding steroid dienone is 3. The number of ketones is 1. The van der Waals surface area contributed by atoms with Crippen molar-refractivity contribution in [3.8, 4) is 0 Å². The molecule has 2 aliphatic rings. The SMILES string of the molecule is C=C1C[C@@H]2C=C(CC(=O)c3ccccc3)C[C@H](C1)C2. The highest BCUT2D eigenvalue weighted by Crippen LogP contribution is 2.41. The van der Waals surface area contributed by atoms with E-state index in [0.717, 1.165) is 30.7 Å². The van der Waals surface area contributed by atoms with Crippen molar-refractivity contribution in [1.29, 1.82) is 0 Å². The van der Waals surface area contributed by atoms with Crippen molar-refractivity contribution in [1.82, 2.24) is 0 Å². The summed E-state index contributed by atoms with van der Waals surface area (Å²) in [6.45, 7) is 4.13. The Morgan fingerprint density at radius 3 is 2.68 bits per heavy atom. The lowest BCUT2D eigenvalue weighted by atomic mass is 9.71. The van der Waals surface area contributed by atoms with Gasteiger partial charge in [-0.2, -0.15) is 0 Å². The average Bonchev–Trinajstić information content (AvgIpc) is 2.38. The van der Waals surface area contributed by atoms with Crippen LogP contribution in [0.2, 0.25) is 0 Å². The highest BCUT2D eigenvalue weighted by Gasteiger charge is 2.28. The number of hydrogen-bond donors (Lipinski definition) is 0. The molecule has 2 aliphatic carbocycles. The minimum Gasteiger partial charge on any atom is -0.294 e. The van der Waals surface area contributed by atoms with Gasteiger partial charge in [-0.25, -0.2) is 0 Å². The van der Waals surface area contributed by atoms with Gasteiger partial charge in [-0.15, -0.1) is 0 Å². The van der Waals surface area contributed by atoms with Crippen molar-refractivity contribution < 1.29 is 4.79 Å². The summed E-state index contributed by atoms with van der Waals surface area (Å²) in [5.74, 6) is 1.62. The third-order valence-electron chi connectivity index (χ3n) is 4.27. The fourth-order valence-corrected chi connectivity index (χ4v) is 3.58. The Balaban J connectivity index is 1.71. The Morgan fingerprint density at radius 1 is 1.16 bits per heavy atom. The fourth-order valence-electron chi connectivity index (χ4n) is 3.58. The number of Topliss-reactive ketones (excluding diaryl/α,β-unsaturated/α-hetero) is 1. The molecule has 1 aromatic carbocycles. The Morgan fingerprint density at radius 2 is 1.95 bits per heavy atom. The van der Waals surface area contributed by atoms with E-state index in [1.807, 2.05) is 30.3 Å². The second kappa shape index (κ2) is 5.16. The largest absolute Gasteiger partial charge is 0.294 e. The molecule has 1 nitrogen and oxygen atoms in total. The summed E-state index contributed by atoms with van der Waals surface area (Å²) in [4.78, 5) is 12.2. The van der Waals surface area contributed by atoms with Crippen LogP contribution in [0.5, 0.6) is 0 Å². The number of fused-ring (bicyclic) bond motifs is 2. The van der Waals surface area contributed by atoms with Gasteiger partial charge in [-0.3, -0.25) is 4.79 Å². The van der Waals surface area contributed by atoms with Crippen molar-refractivity contribution in [2.75, 3.05) is 0 Å². The van der Waals surface area contributed by atoms with Gasteiger partial charge in [0, 0.05) is 12.0 Å². The van der Waals surface area contributed by atoms with Gasteiger partial charge in [-0.1, -0.05) is 54.1 Å². The molecule has 0 saturated heterocycles. The molecule has 0 unspecified atom stereocenters. The summed E-state index contributed by atoms with van der Waals surface area (Å²) in [6, 6.07) is 9.64. The van der Waals surface area contributed by atoms with E-state index in [1.165, 1.54) is 17.6 Å². The van der Waals surface area contributed by atoms with E-state index in [0.29, 0.717) is 12.3 Å². The van der Waals surface area contributed by atoms with Gasteiger partial charge in [0.05, 0.1) is 0 Å². The molecule has 0 aliphatic heterocycles. The van der Waals surface area contributed by atoms with Crippen LogP contribution in [0.3, 0.4) is 0 Å². The third kappa shape index (κ3) is 2.86. The normalized spacial score (nSPS) is 25.9. The van der Waals surface area contributed by atoms with Gasteiger partial charge in [0.25, 0.3) is 0 Å². The summed E-state index contributed by atoms with van der Waals surface area (Å²) in [5.41, 5.74) is 3.58. The second-order valence-corrected chi connectivity index (χ2v) is 6.02. The van der Waals surface area contributed by atoms with Crippen LogP contribution in [-0.4, -0.2) is 5.78 Å². The van der Waals surface area contributed by atoms with Gasteiger partial charge in [0.1, 0.15) is 0 Å². The van der Waals surface area contributed by atoms with Crippen LogP contribution in [0.15, 0.2) is 54.1 Å². The molecule has 0 aromatic heterocycles. The average molecular weight is 252 g/mol. The van der Waals surface area contributed by atoms with E-state index in [1.54, 1.807) is 0 Å². The molecule has 1 heteroatoms. The first kappa shape index (κ1) is 12.4. The van der Waals surface area contributed by atoms with Crippen LogP contribution < -0.4 is 0 Å². The van der Waals surface area contributed by atoms with Gasteiger partial charge in [0.2, 0.25) is 0 Å². The topological polar surface area (TPSA) is 17.1 Å². The summed E-state index contributed by atoms with van der Waals surface area (Å²) < 4.78 is 0. The molecule has 1 aromatic rings. The van der Waals surface area contributed by atoms with Gasteiger partial charge < -0.3 is 0 Å². The number of benzene rings is 1. The zero-order chi connectivity index (χ0) is 13.2. The molecule has 2 atom stereocenters. The van der Waals surface area contributed by atoms with E-state index < -0.39 is 0 Å². The predicted octanol–water partition coefficient (Wildman–Crippen LogP) is 4.56. The van der Waals surface area contributed by atoms with Crippen LogP contribution in [0.25, 0.3) is 0 Å². The first-order valence-electron chi connectivity index (χ1n) is 7.15. The maximum Gasteiger partial charge on any atom is 0.166 e. The van der Waals surface area contributed by atoms with Crippen molar-refractivity contribution in [2.45, 2.75) is 32.1 Å². The lowest BCUT2D eigenvalue weighted by Crippen LogP contribution is -2.21. The minimum absolute atomic E-state index is 0.255. The summed E-state index contributed by atoms with van der Waals surface area (Å²) >= 11 is 0. The van der Waals surface area contributed by atoms with Gasteiger partial charge in [-0.05, 0) is 37.5 Å². The van der Waals surface area contributed by atoms with Crippen LogP contribution in [0.4, 0.5) is 0 Å². The lowest BCUT2D eigenvalue weighted by Gasteiger charge is -2.34. The molecule has 0 heterocycles. The molecule has 19 heavy (non-hydrogen) atoms. The Labute approximate surface area is 115 Å². The molecule has 2 bridgehead atoms. The van der Waals surface area contributed by atoms with E-state index in [2.05, 4.69) is 12.7 Å². The van der Waals surface area contributed by atoms with Gasteiger partial charge in [0.15, 0.2) is 5.78 Å². The zero-order valence-electron chi connectivity index (χ0n) is 11.3. The maximum absolute atomic E-state index is 12.2. The predicted molar refractivity (Wildman–Crippen MR) is 78.1 cm³/mol. The Hall–Kier alpha value is -1.63. The first-order valence-corrected chi connectivity index (χ1v) is 7.15. The van der Waals surface area contributed by atoms with Crippen molar-refractivity contribution in [2.24, 2.45) is 11.8 Å². The quantitative estimate of drug-likeness (QED) is 0.569. The summed E-state index contributed by atoms with van der Waals surface area (Å²) in [7, 11) is 0. The molecule has 3 rings (SSSR count). The van der Waals surface area contributed by atoms with Crippen molar-refractivity contribution >= 4 is 5.78 Å². The van der Waals surface area contributed by atoms with Gasteiger partial charge >= 0.3 is 0 Å². The molecule has 98 valence electrons. The highest BCUT2D eigenvalue weighted by atomic mass is 16.1. The number of carbonyl (C=O) groups is 1. The van der Waals surface area contributed by atoms with E-state index in [9.17, 15) is 4.79 Å². The van der Waals surface area contributed by atoms with Crippen LogP contribution in [0.1, 0.15) is 42.5 Å². The van der Waals surface area contributed by atoms with E-state index in [4.69, 9.17) is 0 Å². The lowest BCUT2D eigenvalue weighted by molar-refractivity contribution is 0.0990. The molecule has 0 N–H and O–H groups in total. The molecular formula is C18H20O. The standard InChI is InChI=1S/C18H20O/c1-13-7-14-9-15(8-13)11-16(10-14)12-18(19)17-5-3-2-4-6-17/h2-6,10,14-15H,1,7-9,11-12H2/t14-,15+/m0/s1. The molecule has 0 spiro atoms. The molecule has 1 saturated carbocycles. The molecular weight excluding hydrogens is 232 g/mol. The van der Waals surface area contributed by atoms with Crippen LogP contribution in [-0.2, 0) is 0 Å². The summed E-state index contributed by atoms with van der Waals surface area (Å²) in [5, 5.41) is 0. The van der Waals surface area contributed by atoms with Crippen molar-refractivity contribution in [3.05, 3.63) is 59.7 Å². The zero-order valence-corrected chi connectivity index (χ0v) is 11.3. The monoisotopic (exact) mass is 252 g/mol.